The molecule has 0 radical (unpaired) electrons. The van der Waals surface area contributed by atoms with E-state index < -0.39 is 6.09 Å². The minimum Gasteiger partial charge on any atom is -0.492 e. The Morgan fingerprint density at radius 2 is 1.70 bits per heavy atom. The Kier molecular flexibility index (Phi) is 5.25. The van der Waals surface area contributed by atoms with Crippen LogP contribution in [0.5, 0.6) is 5.75 Å². The second-order valence-corrected chi connectivity index (χ2v) is 8.22. The molecule has 0 aliphatic carbocycles. The van der Waals surface area contributed by atoms with Crippen molar-refractivity contribution in [3.05, 3.63) is 82.4 Å². The van der Waals surface area contributed by atoms with Crippen molar-refractivity contribution in [1.29, 1.82) is 0 Å². The first kappa shape index (κ1) is 20.0. The lowest BCUT2D eigenvalue weighted by Gasteiger charge is -2.21. The lowest BCUT2D eigenvalue weighted by molar-refractivity contribution is 0.209. The number of amides is 1. The van der Waals surface area contributed by atoms with Crippen LogP contribution in [0.4, 0.5) is 10.5 Å². The van der Waals surface area contributed by atoms with E-state index in [2.05, 4.69) is 43.4 Å². The lowest BCUT2D eigenvalue weighted by atomic mass is 9.84. The van der Waals surface area contributed by atoms with E-state index in [4.69, 9.17) is 4.74 Å². The fourth-order valence-electron chi connectivity index (χ4n) is 4.46. The highest BCUT2D eigenvalue weighted by Crippen LogP contribution is 2.50. The summed E-state index contributed by atoms with van der Waals surface area (Å²) in [7, 11) is 0. The van der Waals surface area contributed by atoms with Gasteiger partial charge in [0.25, 0.3) is 0 Å². The van der Waals surface area contributed by atoms with Gasteiger partial charge in [0, 0.05) is 17.0 Å². The Balaban J connectivity index is 1.91. The van der Waals surface area contributed by atoms with Crippen LogP contribution in [0.1, 0.15) is 53.5 Å². The minimum absolute atomic E-state index is 0.0682. The molecular formula is C26H27NO3. The standard InChI is InChI=1S/C26H27NO3/c1-15(2)18-10-12-19(13-11-18)21-14-30-25-22(20-8-6-5-7-9-20)16(3)24(27-26(28)29)17(4)23(21)25/h5-13,15,21,27H,14H2,1-4H3,(H,28,29). The molecule has 2 N–H and O–H groups in total. The van der Waals surface area contributed by atoms with E-state index in [0.29, 0.717) is 18.2 Å². The molecular weight excluding hydrogens is 374 g/mol. The maximum absolute atomic E-state index is 11.5. The molecule has 0 fully saturated rings. The largest absolute Gasteiger partial charge is 0.492 e. The third-order valence-corrected chi connectivity index (χ3v) is 6.04. The number of nitrogens with one attached hydrogen (secondary N) is 1. The van der Waals surface area contributed by atoms with Gasteiger partial charge >= 0.3 is 6.09 Å². The fourth-order valence-corrected chi connectivity index (χ4v) is 4.46. The van der Waals surface area contributed by atoms with Crippen molar-refractivity contribution in [1.82, 2.24) is 0 Å². The van der Waals surface area contributed by atoms with E-state index in [1.165, 1.54) is 11.1 Å². The topological polar surface area (TPSA) is 58.6 Å². The number of anilines is 1. The maximum Gasteiger partial charge on any atom is 0.409 e. The number of carboxylic acid groups (broad SMARTS) is 1. The minimum atomic E-state index is -1.06. The Hall–Kier alpha value is -3.27. The highest BCUT2D eigenvalue weighted by atomic mass is 16.5. The van der Waals surface area contributed by atoms with Gasteiger partial charge in [-0.25, -0.2) is 4.79 Å². The summed E-state index contributed by atoms with van der Waals surface area (Å²) in [6.45, 7) is 8.86. The van der Waals surface area contributed by atoms with Crippen molar-refractivity contribution in [2.45, 2.75) is 39.5 Å². The smallest absolute Gasteiger partial charge is 0.409 e. The zero-order valence-electron chi connectivity index (χ0n) is 17.8. The molecule has 0 spiro atoms. The summed E-state index contributed by atoms with van der Waals surface area (Å²) in [5.41, 5.74) is 8.00. The molecule has 1 atom stereocenters. The molecule has 1 amide bonds. The molecule has 0 bridgehead atoms. The molecule has 1 heterocycles. The zero-order valence-corrected chi connectivity index (χ0v) is 17.8. The number of hydrogen-bond donors (Lipinski definition) is 2. The van der Waals surface area contributed by atoms with E-state index in [-0.39, 0.29) is 5.92 Å². The van der Waals surface area contributed by atoms with Gasteiger partial charge in [-0.1, -0.05) is 68.4 Å². The molecule has 4 heteroatoms. The van der Waals surface area contributed by atoms with Crippen LogP contribution in [0.3, 0.4) is 0 Å². The van der Waals surface area contributed by atoms with Crippen molar-refractivity contribution in [3.63, 3.8) is 0 Å². The normalized spacial score (nSPS) is 15.0. The summed E-state index contributed by atoms with van der Waals surface area (Å²) in [5.74, 6) is 1.41. The van der Waals surface area contributed by atoms with Gasteiger partial charge in [0.05, 0.1) is 12.3 Å². The van der Waals surface area contributed by atoms with Crippen LogP contribution in [0.25, 0.3) is 11.1 Å². The van der Waals surface area contributed by atoms with Gasteiger partial charge in [-0.2, -0.15) is 0 Å². The average molecular weight is 402 g/mol. The molecule has 0 saturated carbocycles. The third-order valence-electron chi connectivity index (χ3n) is 6.04. The van der Waals surface area contributed by atoms with Crippen LogP contribution < -0.4 is 10.1 Å². The van der Waals surface area contributed by atoms with Crippen LogP contribution in [0.15, 0.2) is 54.6 Å². The number of fused-ring (bicyclic) bond motifs is 1. The van der Waals surface area contributed by atoms with Crippen molar-refractivity contribution in [2.24, 2.45) is 0 Å². The third kappa shape index (κ3) is 3.43. The predicted octanol–water partition coefficient (Wildman–Crippen LogP) is 6.71. The van der Waals surface area contributed by atoms with Gasteiger partial charge in [0.1, 0.15) is 5.75 Å². The first-order chi connectivity index (χ1) is 14.4. The maximum atomic E-state index is 11.5. The highest BCUT2D eigenvalue weighted by molar-refractivity contribution is 5.92. The Labute approximate surface area is 177 Å². The van der Waals surface area contributed by atoms with E-state index in [9.17, 15) is 9.90 Å². The Morgan fingerprint density at radius 3 is 2.30 bits per heavy atom. The van der Waals surface area contributed by atoms with Gasteiger partial charge in [0.2, 0.25) is 0 Å². The van der Waals surface area contributed by atoms with Crippen molar-refractivity contribution in [3.8, 4) is 16.9 Å². The summed E-state index contributed by atoms with van der Waals surface area (Å²) in [4.78, 5) is 11.5. The molecule has 3 aromatic rings. The van der Waals surface area contributed by atoms with E-state index in [1.54, 1.807) is 0 Å². The van der Waals surface area contributed by atoms with E-state index in [0.717, 1.165) is 33.6 Å². The van der Waals surface area contributed by atoms with Gasteiger partial charge in [-0.15, -0.1) is 0 Å². The molecule has 3 aromatic carbocycles. The molecule has 154 valence electrons. The summed E-state index contributed by atoms with van der Waals surface area (Å²) < 4.78 is 6.28. The molecule has 4 rings (SSSR count). The molecule has 1 aliphatic rings. The number of rotatable bonds is 4. The van der Waals surface area contributed by atoms with Gasteiger partial charge in [-0.3, -0.25) is 5.32 Å². The quantitative estimate of drug-likeness (QED) is 0.511. The van der Waals surface area contributed by atoms with Gasteiger partial charge in [0.15, 0.2) is 0 Å². The van der Waals surface area contributed by atoms with Gasteiger partial charge < -0.3 is 9.84 Å². The second kappa shape index (κ2) is 7.86. The van der Waals surface area contributed by atoms with Crippen LogP contribution in [0, 0.1) is 13.8 Å². The summed E-state index contributed by atoms with van der Waals surface area (Å²) in [6, 6.07) is 18.7. The van der Waals surface area contributed by atoms with E-state index >= 15 is 0 Å². The molecule has 0 saturated heterocycles. The molecule has 1 aliphatic heterocycles. The number of benzene rings is 3. The first-order valence-corrected chi connectivity index (χ1v) is 10.3. The number of ether oxygens (including phenoxy) is 1. The summed E-state index contributed by atoms with van der Waals surface area (Å²) in [5, 5.41) is 12.1. The zero-order chi connectivity index (χ0) is 21.4. The Bertz CT molecular complexity index is 1090. The Morgan fingerprint density at radius 1 is 1.03 bits per heavy atom. The van der Waals surface area contributed by atoms with Crippen LogP contribution in [-0.2, 0) is 0 Å². The molecule has 1 unspecified atom stereocenters. The molecule has 30 heavy (non-hydrogen) atoms. The fraction of sp³-hybridized carbons (Fsp3) is 0.269. The predicted molar refractivity (Wildman–Crippen MR) is 121 cm³/mol. The van der Waals surface area contributed by atoms with Crippen LogP contribution in [0.2, 0.25) is 0 Å². The van der Waals surface area contributed by atoms with Crippen molar-refractivity contribution < 1.29 is 14.6 Å². The van der Waals surface area contributed by atoms with Crippen molar-refractivity contribution >= 4 is 11.8 Å². The lowest BCUT2D eigenvalue weighted by Crippen LogP contribution is -2.12. The number of hydrogen-bond acceptors (Lipinski definition) is 2. The molecule has 0 aromatic heterocycles. The highest BCUT2D eigenvalue weighted by Gasteiger charge is 2.33. The SMILES string of the molecule is Cc1c(NC(=O)O)c(C)c2c(c1-c1ccccc1)OCC2c1ccc(C(C)C)cc1. The first-order valence-electron chi connectivity index (χ1n) is 10.3. The van der Waals surface area contributed by atoms with Crippen molar-refractivity contribution in [2.75, 3.05) is 11.9 Å². The van der Waals surface area contributed by atoms with Gasteiger partial charge in [-0.05, 0) is 47.6 Å². The van der Waals surface area contributed by atoms with Crippen LogP contribution in [-0.4, -0.2) is 17.8 Å². The van der Waals surface area contributed by atoms with Crippen LogP contribution >= 0.6 is 0 Å². The average Bonchev–Trinajstić information content (AvgIpc) is 3.17. The summed E-state index contributed by atoms with van der Waals surface area (Å²) in [6.07, 6.45) is -1.06. The monoisotopic (exact) mass is 401 g/mol. The molecule has 4 nitrogen and oxygen atoms in total. The second-order valence-electron chi connectivity index (χ2n) is 8.22. The van der Waals surface area contributed by atoms with E-state index in [1.807, 2.05) is 44.2 Å². The summed E-state index contributed by atoms with van der Waals surface area (Å²) >= 11 is 0. The number of carbonyl (C=O) groups is 1.